The SMILES string of the molecule is c1cc(N2CCn3cnnc3C2)ccc1CNC1CC1. The Bertz CT molecular complexity index is 585. The Labute approximate surface area is 118 Å². The molecule has 5 heteroatoms. The topological polar surface area (TPSA) is 46.0 Å². The first-order chi connectivity index (χ1) is 9.88. The van der Waals surface area contributed by atoms with E-state index in [1.54, 1.807) is 0 Å². The summed E-state index contributed by atoms with van der Waals surface area (Å²) in [6.07, 6.45) is 4.50. The van der Waals surface area contributed by atoms with Crippen molar-refractivity contribution in [2.75, 3.05) is 11.4 Å². The van der Waals surface area contributed by atoms with Crippen LogP contribution in [-0.4, -0.2) is 27.4 Å². The van der Waals surface area contributed by atoms with Crippen molar-refractivity contribution in [2.24, 2.45) is 0 Å². The highest BCUT2D eigenvalue weighted by Gasteiger charge is 2.20. The highest BCUT2D eigenvalue weighted by molar-refractivity contribution is 5.48. The molecule has 4 rings (SSSR count). The summed E-state index contributed by atoms with van der Waals surface area (Å²) in [6, 6.07) is 9.66. The average Bonchev–Trinajstić information content (AvgIpc) is 3.21. The van der Waals surface area contributed by atoms with E-state index >= 15 is 0 Å². The van der Waals surface area contributed by atoms with E-state index in [0.29, 0.717) is 0 Å². The van der Waals surface area contributed by atoms with Gasteiger partial charge >= 0.3 is 0 Å². The molecule has 2 heterocycles. The number of benzene rings is 1. The van der Waals surface area contributed by atoms with Crippen LogP contribution in [0, 0.1) is 0 Å². The van der Waals surface area contributed by atoms with Crippen LogP contribution in [0.2, 0.25) is 0 Å². The van der Waals surface area contributed by atoms with Gasteiger partial charge in [-0.3, -0.25) is 0 Å². The molecule has 0 radical (unpaired) electrons. The van der Waals surface area contributed by atoms with Gasteiger partial charge in [0.2, 0.25) is 0 Å². The lowest BCUT2D eigenvalue weighted by Gasteiger charge is -2.29. The fourth-order valence-electron chi connectivity index (χ4n) is 2.66. The summed E-state index contributed by atoms with van der Waals surface area (Å²) >= 11 is 0. The average molecular weight is 269 g/mol. The quantitative estimate of drug-likeness (QED) is 0.915. The first-order valence-corrected chi connectivity index (χ1v) is 7.32. The maximum absolute atomic E-state index is 4.17. The third-order valence-electron chi connectivity index (χ3n) is 4.11. The van der Waals surface area contributed by atoms with Gasteiger partial charge in [-0.1, -0.05) is 12.1 Å². The van der Waals surface area contributed by atoms with Crippen LogP contribution in [-0.2, 0) is 19.6 Å². The van der Waals surface area contributed by atoms with E-state index in [-0.39, 0.29) is 0 Å². The van der Waals surface area contributed by atoms with Gasteiger partial charge in [-0.15, -0.1) is 10.2 Å². The van der Waals surface area contributed by atoms with Crippen molar-refractivity contribution in [3.05, 3.63) is 42.0 Å². The Kier molecular flexibility index (Phi) is 2.92. The Balaban J connectivity index is 1.43. The lowest BCUT2D eigenvalue weighted by molar-refractivity contribution is 0.560. The van der Waals surface area contributed by atoms with E-state index in [9.17, 15) is 0 Å². The fourth-order valence-corrected chi connectivity index (χ4v) is 2.66. The molecule has 0 atom stereocenters. The second kappa shape index (κ2) is 4.90. The first kappa shape index (κ1) is 11.9. The van der Waals surface area contributed by atoms with Crippen molar-refractivity contribution in [2.45, 2.75) is 38.5 Å². The summed E-state index contributed by atoms with van der Waals surface area (Å²) in [5.41, 5.74) is 2.63. The third kappa shape index (κ3) is 2.41. The van der Waals surface area contributed by atoms with E-state index in [2.05, 4.69) is 49.2 Å². The van der Waals surface area contributed by atoms with E-state index < -0.39 is 0 Å². The first-order valence-electron chi connectivity index (χ1n) is 7.32. The maximum atomic E-state index is 4.17. The zero-order valence-electron chi connectivity index (χ0n) is 11.5. The number of nitrogens with one attached hydrogen (secondary N) is 1. The molecule has 2 aliphatic rings. The summed E-state index contributed by atoms with van der Waals surface area (Å²) in [6.45, 7) is 3.82. The molecule has 0 unspecified atom stereocenters. The molecule has 0 amide bonds. The van der Waals surface area contributed by atoms with Crippen LogP contribution in [0.1, 0.15) is 24.2 Å². The van der Waals surface area contributed by atoms with Crippen molar-refractivity contribution in [3.63, 3.8) is 0 Å². The van der Waals surface area contributed by atoms with Crippen molar-refractivity contribution in [3.8, 4) is 0 Å². The van der Waals surface area contributed by atoms with Crippen molar-refractivity contribution >= 4 is 5.69 Å². The predicted molar refractivity (Wildman–Crippen MR) is 77.4 cm³/mol. The standard InChI is InChI=1S/C15H19N5/c1-5-14(6-2-12(1)9-16-13-3-4-13)19-7-8-20-11-17-18-15(20)10-19/h1-2,5-6,11,13,16H,3-4,7-10H2. The Hall–Kier alpha value is -1.88. The van der Waals surface area contributed by atoms with Gasteiger partial charge in [-0.2, -0.15) is 0 Å². The Morgan fingerprint density at radius 3 is 2.80 bits per heavy atom. The normalized spacial score (nSPS) is 18.1. The highest BCUT2D eigenvalue weighted by Crippen LogP contribution is 2.22. The monoisotopic (exact) mass is 269 g/mol. The van der Waals surface area contributed by atoms with E-state index in [1.165, 1.54) is 24.1 Å². The van der Waals surface area contributed by atoms with Crippen LogP contribution in [0.3, 0.4) is 0 Å². The molecule has 5 nitrogen and oxygen atoms in total. The summed E-state index contributed by atoms with van der Waals surface area (Å²) in [5.74, 6) is 1.05. The minimum absolute atomic E-state index is 0.767. The zero-order valence-corrected chi connectivity index (χ0v) is 11.5. The number of nitrogens with zero attached hydrogens (tertiary/aromatic N) is 4. The number of hydrogen-bond donors (Lipinski definition) is 1. The molecule has 2 aromatic rings. The molecule has 1 aromatic heterocycles. The number of anilines is 1. The Morgan fingerprint density at radius 1 is 1.15 bits per heavy atom. The van der Waals surface area contributed by atoms with Crippen LogP contribution in [0.4, 0.5) is 5.69 Å². The predicted octanol–water partition coefficient (Wildman–Crippen LogP) is 1.55. The van der Waals surface area contributed by atoms with E-state index in [1.807, 2.05) is 6.33 Å². The number of fused-ring (bicyclic) bond motifs is 1. The molecule has 0 spiro atoms. The lowest BCUT2D eigenvalue weighted by atomic mass is 10.2. The zero-order chi connectivity index (χ0) is 13.4. The van der Waals surface area contributed by atoms with E-state index in [0.717, 1.165) is 38.0 Å². The minimum atomic E-state index is 0.767. The molecule has 1 aliphatic heterocycles. The highest BCUT2D eigenvalue weighted by atomic mass is 15.3. The molecule has 1 saturated carbocycles. The largest absolute Gasteiger partial charge is 0.362 e. The third-order valence-corrected chi connectivity index (χ3v) is 4.11. The van der Waals surface area contributed by atoms with Crippen molar-refractivity contribution in [1.82, 2.24) is 20.1 Å². The van der Waals surface area contributed by atoms with Gasteiger partial charge in [0.1, 0.15) is 6.33 Å². The van der Waals surface area contributed by atoms with Gasteiger partial charge in [-0.05, 0) is 30.5 Å². The molecule has 104 valence electrons. The van der Waals surface area contributed by atoms with Gasteiger partial charge < -0.3 is 14.8 Å². The Morgan fingerprint density at radius 2 is 2.00 bits per heavy atom. The summed E-state index contributed by atoms with van der Waals surface area (Å²) < 4.78 is 2.13. The number of rotatable bonds is 4. The minimum Gasteiger partial charge on any atom is -0.362 e. The van der Waals surface area contributed by atoms with Gasteiger partial charge in [0.05, 0.1) is 6.54 Å². The van der Waals surface area contributed by atoms with Crippen LogP contribution < -0.4 is 10.2 Å². The van der Waals surface area contributed by atoms with Gasteiger partial charge in [-0.25, -0.2) is 0 Å². The van der Waals surface area contributed by atoms with Crippen molar-refractivity contribution in [1.29, 1.82) is 0 Å². The maximum Gasteiger partial charge on any atom is 0.152 e. The second-order valence-corrected chi connectivity index (χ2v) is 5.68. The van der Waals surface area contributed by atoms with Gasteiger partial charge in [0.15, 0.2) is 5.82 Å². The van der Waals surface area contributed by atoms with Gasteiger partial charge in [0, 0.05) is 31.4 Å². The molecular weight excluding hydrogens is 250 g/mol. The molecule has 1 fully saturated rings. The molecule has 1 aromatic carbocycles. The second-order valence-electron chi connectivity index (χ2n) is 5.68. The summed E-state index contributed by atoms with van der Waals surface area (Å²) in [5, 5.41) is 11.7. The fraction of sp³-hybridized carbons (Fsp3) is 0.467. The number of aromatic nitrogens is 3. The molecule has 1 N–H and O–H groups in total. The van der Waals surface area contributed by atoms with Crippen LogP contribution in [0.15, 0.2) is 30.6 Å². The molecule has 0 saturated heterocycles. The summed E-state index contributed by atoms with van der Waals surface area (Å²) in [7, 11) is 0. The smallest absolute Gasteiger partial charge is 0.152 e. The van der Waals surface area contributed by atoms with Crippen LogP contribution in [0.5, 0.6) is 0 Å². The van der Waals surface area contributed by atoms with Crippen LogP contribution in [0.25, 0.3) is 0 Å². The molecular formula is C15H19N5. The summed E-state index contributed by atoms with van der Waals surface area (Å²) in [4.78, 5) is 2.36. The van der Waals surface area contributed by atoms with Crippen LogP contribution >= 0.6 is 0 Å². The number of hydrogen-bond acceptors (Lipinski definition) is 4. The van der Waals surface area contributed by atoms with Crippen molar-refractivity contribution < 1.29 is 0 Å². The van der Waals surface area contributed by atoms with E-state index in [4.69, 9.17) is 0 Å². The lowest BCUT2D eigenvalue weighted by Crippen LogP contribution is -2.33. The molecule has 1 aliphatic carbocycles. The molecule has 0 bridgehead atoms. The van der Waals surface area contributed by atoms with Gasteiger partial charge in [0.25, 0.3) is 0 Å². The molecule has 20 heavy (non-hydrogen) atoms.